The van der Waals surface area contributed by atoms with Gasteiger partial charge in [0.2, 0.25) is 5.91 Å². The van der Waals surface area contributed by atoms with Crippen LogP contribution < -0.4 is 0 Å². The van der Waals surface area contributed by atoms with E-state index in [1.165, 1.54) is 0 Å². The Hall–Kier alpha value is -0.380. The van der Waals surface area contributed by atoms with E-state index in [2.05, 4.69) is 15.9 Å². The fourth-order valence-corrected chi connectivity index (χ4v) is 2.10. The van der Waals surface area contributed by atoms with Crippen LogP contribution in [0.3, 0.4) is 0 Å². The summed E-state index contributed by atoms with van der Waals surface area (Å²) in [4.78, 5) is 24.3. The summed E-state index contributed by atoms with van der Waals surface area (Å²) in [6.45, 7) is 2.60. The number of halogens is 1. The lowest BCUT2D eigenvalue weighted by Gasteiger charge is -2.25. The second kappa shape index (κ2) is 4.22. The summed E-state index contributed by atoms with van der Waals surface area (Å²) in [5.74, 6) is 0.253. The first kappa shape index (κ1) is 10.7. The molecule has 74 valence electrons. The summed E-state index contributed by atoms with van der Waals surface area (Å²) in [6.07, 6.45) is 1.06. The number of hydrogen-bond donors (Lipinski definition) is 0. The lowest BCUT2D eigenvalue weighted by atomic mass is 9.96. The van der Waals surface area contributed by atoms with Crippen LogP contribution in [0.1, 0.15) is 19.8 Å². The van der Waals surface area contributed by atoms with E-state index in [0.717, 1.165) is 6.42 Å². The number of hydrogen-bond acceptors (Lipinski definition) is 2. The maximum atomic E-state index is 11.5. The Labute approximate surface area is 86.6 Å². The molecule has 1 aliphatic heterocycles. The first-order valence-electron chi connectivity index (χ1n) is 4.44. The lowest BCUT2D eigenvalue weighted by molar-refractivity contribution is -0.134. The topological polar surface area (TPSA) is 37.4 Å². The van der Waals surface area contributed by atoms with Crippen molar-refractivity contribution < 1.29 is 9.59 Å². The van der Waals surface area contributed by atoms with Crippen LogP contribution >= 0.6 is 15.9 Å². The van der Waals surface area contributed by atoms with Crippen molar-refractivity contribution >= 4 is 27.6 Å². The number of amides is 1. The van der Waals surface area contributed by atoms with Crippen LogP contribution in [0, 0.1) is 5.92 Å². The molecular formula is C9H14BrNO2. The largest absolute Gasteiger partial charge is 0.346 e. The standard InChI is InChI=1S/C9H14BrNO2/c1-6-3-4-11(2)8(12)5-7(10)9(6)13/h6-7H,3-5H2,1-2H3. The Morgan fingerprint density at radius 1 is 1.46 bits per heavy atom. The summed E-state index contributed by atoms with van der Waals surface area (Å²) >= 11 is 3.25. The highest BCUT2D eigenvalue weighted by atomic mass is 79.9. The molecule has 0 aromatic heterocycles. The van der Waals surface area contributed by atoms with Gasteiger partial charge < -0.3 is 4.90 Å². The first-order chi connectivity index (χ1) is 6.02. The zero-order valence-electron chi connectivity index (χ0n) is 7.92. The normalized spacial score (nSPS) is 31.5. The molecule has 1 saturated heterocycles. The first-order valence-corrected chi connectivity index (χ1v) is 5.35. The van der Waals surface area contributed by atoms with Gasteiger partial charge in [-0.15, -0.1) is 0 Å². The van der Waals surface area contributed by atoms with Crippen LogP contribution in [-0.2, 0) is 9.59 Å². The smallest absolute Gasteiger partial charge is 0.223 e. The van der Waals surface area contributed by atoms with Crippen LogP contribution in [0.25, 0.3) is 0 Å². The van der Waals surface area contributed by atoms with Crippen LogP contribution in [0.4, 0.5) is 0 Å². The maximum Gasteiger partial charge on any atom is 0.223 e. The second-order valence-electron chi connectivity index (χ2n) is 3.58. The summed E-state index contributed by atoms with van der Waals surface area (Å²) in [5.41, 5.74) is 0. The number of likely N-dealkylation sites (tertiary alicyclic amines) is 1. The van der Waals surface area contributed by atoms with E-state index in [-0.39, 0.29) is 22.4 Å². The second-order valence-corrected chi connectivity index (χ2v) is 4.68. The quantitative estimate of drug-likeness (QED) is 0.604. The Balaban J connectivity index is 2.70. The van der Waals surface area contributed by atoms with Crippen molar-refractivity contribution in [1.29, 1.82) is 0 Å². The van der Waals surface area contributed by atoms with Crippen LogP contribution in [-0.4, -0.2) is 35.0 Å². The molecule has 0 spiro atoms. The Morgan fingerprint density at radius 3 is 2.69 bits per heavy atom. The van der Waals surface area contributed by atoms with Gasteiger partial charge in [-0.1, -0.05) is 22.9 Å². The van der Waals surface area contributed by atoms with Gasteiger partial charge in [-0.3, -0.25) is 9.59 Å². The minimum absolute atomic E-state index is 0.0436. The van der Waals surface area contributed by atoms with Crippen molar-refractivity contribution in [3.8, 4) is 0 Å². The Kier molecular flexibility index (Phi) is 3.47. The van der Waals surface area contributed by atoms with E-state index < -0.39 is 0 Å². The highest BCUT2D eigenvalue weighted by Gasteiger charge is 2.28. The van der Waals surface area contributed by atoms with Gasteiger partial charge in [0.15, 0.2) is 0 Å². The van der Waals surface area contributed by atoms with Gasteiger partial charge in [-0.25, -0.2) is 0 Å². The molecule has 1 heterocycles. The molecule has 0 aromatic carbocycles. The number of rotatable bonds is 0. The minimum atomic E-state index is -0.294. The summed E-state index contributed by atoms with van der Waals surface area (Å²) < 4.78 is 0. The third-order valence-corrected chi connectivity index (χ3v) is 3.25. The number of ketones is 1. The number of nitrogens with zero attached hydrogens (tertiary/aromatic N) is 1. The fraction of sp³-hybridized carbons (Fsp3) is 0.778. The summed E-state index contributed by atoms with van der Waals surface area (Å²) in [7, 11) is 1.78. The molecule has 1 aliphatic rings. The third kappa shape index (κ3) is 2.53. The third-order valence-electron chi connectivity index (χ3n) is 2.47. The molecule has 4 heteroatoms. The van der Waals surface area contributed by atoms with Crippen LogP contribution in [0.5, 0.6) is 0 Å². The molecule has 0 saturated carbocycles. The Bertz CT molecular complexity index is 230. The van der Waals surface area contributed by atoms with Crippen molar-refractivity contribution in [2.45, 2.75) is 24.6 Å². The molecule has 1 fully saturated rings. The van der Waals surface area contributed by atoms with Gasteiger partial charge >= 0.3 is 0 Å². The van der Waals surface area contributed by atoms with Crippen LogP contribution in [0.2, 0.25) is 0 Å². The van der Waals surface area contributed by atoms with Gasteiger partial charge in [0, 0.05) is 25.9 Å². The van der Waals surface area contributed by atoms with E-state index in [1.54, 1.807) is 11.9 Å². The van der Waals surface area contributed by atoms with E-state index in [1.807, 2.05) is 6.92 Å². The molecule has 3 nitrogen and oxygen atoms in total. The number of alkyl halides is 1. The minimum Gasteiger partial charge on any atom is -0.346 e. The molecule has 2 unspecified atom stereocenters. The molecule has 0 radical (unpaired) electrons. The molecule has 2 atom stereocenters. The van der Waals surface area contributed by atoms with Gasteiger partial charge in [0.1, 0.15) is 5.78 Å². The zero-order valence-corrected chi connectivity index (χ0v) is 9.50. The average molecular weight is 248 g/mol. The molecule has 13 heavy (non-hydrogen) atoms. The van der Waals surface area contributed by atoms with Crippen molar-refractivity contribution in [2.75, 3.05) is 13.6 Å². The zero-order chi connectivity index (χ0) is 10.0. The molecule has 0 N–H and O–H groups in total. The highest BCUT2D eigenvalue weighted by Crippen LogP contribution is 2.19. The van der Waals surface area contributed by atoms with E-state index in [0.29, 0.717) is 13.0 Å². The van der Waals surface area contributed by atoms with Crippen molar-refractivity contribution in [3.05, 3.63) is 0 Å². The predicted octanol–water partition coefficient (Wildman–Crippen LogP) is 1.21. The van der Waals surface area contributed by atoms with Gasteiger partial charge in [-0.05, 0) is 6.42 Å². The molecule has 0 aliphatic carbocycles. The van der Waals surface area contributed by atoms with Crippen molar-refractivity contribution in [3.63, 3.8) is 0 Å². The average Bonchev–Trinajstić information content (AvgIpc) is 2.10. The molecule has 1 rings (SSSR count). The monoisotopic (exact) mass is 247 g/mol. The number of carbonyl (C=O) groups is 2. The van der Waals surface area contributed by atoms with Gasteiger partial charge in [0.05, 0.1) is 4.83 Å². The predicted molar refractivity (Wildman–Crippen MR) is 53.8 cm³/mol. The van der Waals surface area contributed by atoms with Crippen molar-refractivity contribution in [1.82, 2.24) is 4.90 Å². The number of Topliss-reactive ketones (excluding diaryl/α,β-unsaturated/α-hetero) is 1. The molecular weight excluding hydrogens is 234 g/mol. The van der Waals surface area contributed by atoms with E-state index in [9.17, 15) is 9.59 Å². The SMILES string of the molecule is CC1CCN(C)C(=O)CC(Br)C1=O. The lowest BCUT2D eigenvalue weighted by Crippen LogP contribution is -2.37. The van der Waals surface area contributed by atoms with Crippen LogP contribution in [0.15, 0.2) is 0 Å². The van der Waals surface area contributed by atoms with Crippen molar-refractivity contribution in [2.24, 2.45) is 5.92 Å². The summed E-state index contributed by atoms with van der Waals surface area (Å²) in [6, 6.07) is 0. The number of carbonyl (C=O) groups excluding carboxylic acids is 2. The van der Waals surface area contributed by atoms with E-state index in [4.69, 9.17) is 0 Å². The molecule has 0 aromatic rings. The molecule has 0 bridgehead atoms. The van der Waals surface area contributed by atoms with Gasteiger partial charge in [0.25, 0.3) is 0 Å². The summed E-state index contributed by atoms with van der Waals surface area (Å²) in [5, 5.41) is 0. The maximum absolute atomic E-state index is 11.5. The fourth-order valence-electron chi connectivity index (χ4n) is 1.37. The van der Waals surface area contributed by atoms with E-state index >= 15 is 0 Å². The van der Waals surface area contributed by atoms with Gasteiger partial charge in [-0.2, -0.15) is 0 Å². The highest BCUT2D eigenvalue weighted by molar-refractivity contribution is 9.10. The molecule has 1 amide bonds. The Morgan fingerprint density at radius 2 is 2.08 bits per heavy atom.